The van der Waals surface area contributed by atoms with Crippen LogP contribution in [0.1, 0.15) is 40.7 Å². The van der Waals surface area contributed by atoms with Gasteiger partial charge in [0, 0.05) is 72.5 Å². The molecule has 1 aliphatic carbocycles. The van der Waals surface area contributed by atoms with Crippen molar-refractivity contribution < 1.29 is 4.79 Å². The number of carbonyl (C=O) groups is 1. The monoisotopic (exact) mass is 438 g/mol. The van der Waals surface area contributed by atoms with Crippen LogP contribution in [-0.4, -0.2) is 57.5 Å². The molecule has 0 unspecified atom stereocenters. The Morgan fingerprint density at radius 2 is 1.97 bits per heavy atom. The molecule has 3 fully saturated rings. The minimum Gasteiger partial charge on any atom is -0.333 e. The summed E-state index contributed by atoms with van der Waals surface area (Å²) in [5.74, 6) is 0.829. The molecule has 2 bridgehead atoms. The number of nitrogens with zero attached hydrogens (tertiary/aromatic N) is 5. The number of aryl methyl sites for hydroxylation is 1. The van der Waals surface area contributed by atoms with Gasteiger partial charge in [0.1, 0.15) is 0 Å². The number of amides is 1. The predicted octanol–water partition coefficient (Wildman–Crippen LogP) is 3.22. The molecular formula is C26H26N6O. The van der Waals surface area contributed by atoms with Gasteiger partial charge in [-0.1, -0.05) is 6.07 Å². The second-order valence-corrected chi connectivity index (χ2v) is 10.0. The molecule has 33 heavy (non-hydrogen) atoms. The van der Waals surface area contributed by atoms with Crippen LogP contribution >= 0.6 is 0 Å². The van der Waals surface area contributed by atoms with Crippen molar-refractivity contribution in [3.8, 4) is 11.3 Å². The fraction of sp³-hybridized carbons (Fsp3) is 0.385. The van der Waals surface area contributed by atoms with E-state index in [1.54, 1.807) is 0 Å². The van der Waals surface area contributed by atoms with Crippen LogP contribution in [-0.2, 0) is 5.41 Å². The van der Waals surface area contributed by atoms with Crippen molar-refractivity contribution in [2.75, 3.05) is 24.5 Å². The standard InChI is InChI=1S/C26H26N6O/c1-16-4-7-27-22(8-16)18-11-29-25(30-12-18)32-15-26(5-6-26)21-3-2-17(9-23(21)32)24(33)31-14-19-10-20(31)13-28-19/h2-4,7-9,11-12,19-20,28H,5-6,10,13-15H2,1H3/t19-,20-/m0/s1. The van der Waals surface area contributed by atoms with Gasteiger partial charge in [-0.05, 0) is 61.6 Å². The Hall–Kier alpha value is -3.32. The molecule has 3 aliphatic heterocycles. The lowest BCUT2D eigenvalue weighted by Gasteiger charge is -2.28. The van der Waals surface area contributed by atoms with Crippen LogP contribution in [0.2, 0.25) is 0 Å². The first-order valence-corrected chi connectivity index (χ1v) is 11.8. The highest BCUT2D eigenvalue weighted by atomic mass is 16.2. The predicted molar refractivity (Wildman–Crippen MR) is 126 cm³/mol. The molecule has 1 amide bonds. The van der Waals surface area contributed by atoms with Gasteiger partial charge in [0.15, 0.2) is 0 Å². The lowest BCUT2D eigenvalue weighted by molar-refractivity contribution is 0.0716. The van der Waals surface area contributed by atoms with E-state index in [1.807, 2.05) is 36.8 Å². The van der Waals surface area contributed by atoms with E-state index in [-0.39, 0.29) is 11.3 Å². The molecule has 5 heterocycles. The maximum absolute atomic E-state index is 13.3. The number of rotatable bonds is 3. The minimum atomic E-state index is 0.144. The van der Waals surface area contributed by atoms with Gasteiger partial charge in [0.05, 0.1) is 5.69 Å². The van der Waals surface area contributed by atoms with Gasteiger partial charge >= 0.3 is 0 Å². The van der Waals surface area contributed by atoms with E-state index in [0.717, 1.165) is 54.1 Å². The molecule has 4 aliphatic rings. The molecule has 2 saturated heterocycles. The maximum Gasteiger partial charge on any atom is 0.254 e. The summed E-state index contributed by atoms with van der Waals surface area (Å²) < 4.78 is 0. The number of aromatic nitrogens is 3. The van der Waals surface area contributed by atoms with E-state index in [0.29, 0.717) is 18.0 Å². The molecule has 1 spiro atoms. The molecule has 7 heteroatoms. The smallest absolute Gasteiger partial charge is 0.254 e. The van der Waals surface area contributed by atoms with Crippen molar-refractivity contribution in [3.05, 3.63) is 65.6 Å². The highest BCUT2D eigenvalue weighted by Crippen LogP contribution is 2.57. The molecule has 7 rings (SSSR count). The third kappa shape index (κ3) is 2.99. The normalized spacial score (nSPS) is 23.9. The number of hydrogen-bond acceptors (Lipinski definition) is 6. The summed E-state index contributed by atoms with van der Waals surface area (Å²) in [5, 5.41) is 3.48. The van der Waals surface area contributed by atoms with Crippen LogP contribution in [0.25, 0.3) is 11.3 Å². The Bertz CT molecular complexity index is 1270. The first kappa shape index (κ1) is 19.2. The summed E-state index contributed by atoms with van der Waals surface area (Å²) in [6, 6.07) is 11.1. The largest absolute Gasteiger partial charge is 0.333 e. The van der Waals surface area contributed by atoms with Crippen LogP contribution in [0.3, 0.4) is 0 Å². The van der Waals surface area contributed by atoms with Crippen LogP contribution < -0.4 is 10.2 Å². The van der Waals surface area contributed by atoms with Crippen LogP contribution in [0.5, 0.6) is 0 Å². The SMILES string of the molecule is Cc1ccnc(-c2cnc(N3CC4(CC4)c4ccc(C(=O)N5C[C@@H]6C[C@H]5CN6)cc43)nc2)c1. The minimum absolute atomic E-state index is 0.144. The Morgan fingerprint density at radius 3 is 2.67 bits per heavy atom. The van der Waals surface area contributed by atoms with E-state index in [4.69, 9.17) is 9.97 Å². The number of hydrogen-bond donors (Lipinski definition) is 1. The van der Waals surface area contributed by atoms with Crippen molar-refractivity contribution in [1.82, 2.24) is 25.2 Å². The van der Waals surface area contributed by atoms with Crippen molar-refractivity contribution >= 4 is 17.5 Å². The average Bonchev–Trinajstić information content (AvgIpc) is 3.16. The number of fused-ring (bicyclic) bond motifs is 4. The van der Waals surface area contributed by atoms with Gasteiger partial charge in [-0.25, -0.2) is 9.97 Å². The van der Waals surface area contributed by atoms with Crippen LogP contribution in [0.4, 0.5) is 11.6 Å². The first-order valence-electron chi connectivity index (χ1n) is 11.8. The topological polar surface area (TPSA) is 74.2 Å². The summed E-state index contributed by atoms with van der Waals surface area (Å²) in [5.41, 5.74) is 6.32. The molecule has 166 valence electrons. The maximum atomic E-state index is 13.3. The van der Waals surface area contributed by atoms with E-state index in [2.05, 4.69) is 39.2 Å². The van der Waals surface area contributed by atoms with Crippen molar-refractivity contribution in [2.24, 2.45) is 0 Å². The highest BCUT2D eigenvalue weighted by Gasteiger charge is 2.52. The summed E-state index contributed by atoms with van der Waals surface area (Å²) in [4.78, 5) is 31.5. The first-order chi connectivity index (χ1) is 16.1. The third-order valence-electron chi connectivity index (χ3n) is 7.83. The van der Waals surface area contributed by atoms with Crippen molar-refractivity contribution in [3.63, 3.8) is 0 Å². The van der Waals surface area contributed by atoms with Gasteiger partial charge < -0.3 is 15.1 Å². The second-order valence-electron chi connectivity index (χ2n) is 10.0. The zero-order valence-electron chi connectivity index (χ0n) is 18.7. The fourth-order valence-corrected chi connectivity index (χ4v) is 5.83. The Balaban J connectivity index is 1.21. The van der Waals surface area contributed by atoms with Crippen LogP contribution in [0.15, 0.2) is 48.9 Å². The third-order valence-corrected chi connectivity index (χ3v) is 7.83. The number of carbonyl (C=O) groups excluding carboxylic acids is 1. The molecular weight excluding hydrogens is 412 g/mol. The average molecular weight is 439 g/mol. The Morgan fingerprint density at radius 1 is 1.12 bits per heavy atom. The number of nitrogens with one attached hydrogen (secondary N) is 1. The zero-order valence-corrected chi connectivity index (χ0v) is 18.7. The van der Waals surface area contributed by atoms with Gasteiger partial charge in [-0.3, -0.25) is 9.78 Å². The molecule has 2 aromatic heterocycles. The van der Waals surface area contributed by atoms with Gasteiger partial charge in [-0.15, -0.1) is 0 Å². The Kier molecular flexibility index (Phi) is 3.97. The second kappa shape index (κ2) is 6.84. The van der Waals surface area contributed by atoms with Crippen molar-refractivity contribution in [1.29, 1.82) is 0 Å². The number of pyridine rings is 1. The molecule has 1 aromatic carbocycles. The van der Waals surface area contributed by atoms with E-state index < -0.39 is 0 Å². The Labute approximate surface area is 192 Å². The number of anilines is 2. The fourth-order valence-electron chi connectivity index (χ4n) is 5.83. The molecule has 7 nitrogen and oxygen atoms in total. The number of benzene rings is 1. The van der Waals surface area contributed by atoms with E-state index >= 15 is 0 Å². The summed E-state index contributed by atoms with van der Waals surface area (Å²) in [6.45, 7) is 4.65. The quantitative estimate of drug-likeness (QED) is 0.677. The van der Waals surface area contributed by atoms with Gasteiger partial charge in [0.2, 0.25) is 5.95 Å². The van der Waals surface area contributed by atoms with Gasteiger partial charge in [-0.2, -0.15) is 0 Å². The van der Waals surface area contributed by atoms with Crippen LogP contribution in [0, 0.1) is 6.92 Å². The van der Waals surface area contributed by atoms with E-state index in [1.165, 1.54) is 18.4 Å². The molecule has 3 aromatic rings. The summed E-state index contributed by atoms with van der Waals surface area (Å²) in [6.07, 6.45) is 8.94. The lowest BCUT2D eigenvalue weighted by atomic mass is 9.97. The lowest BCUT2D eigenvalue weighted by Crippen LogP contribution is -2.46. The summed E-state index contributed by atoms with van der Waals surface area (Å²) >= 11 is 0. The molecule has 0 radical (unpaired) electrons. The van der Waals surface area contributed by atoms with E-state index in [9.17, 15) is 4.79 Å². The number of likely N-dealkylation sites (tertiary alicyclic amines) is 1. The zero-order chi connectivity index (χ0) is 22.2. The summed E-state index contributed by atoms with van der Waals surface area (Å²) in [7, 11) is 0. The molecule has 2 atom stereocenters. The van der Waals surface area contributed by atoms with Crippen molar-refractivity contribution in [2.45, 2.75) is 43.7 Å². The molecule has 1 N–H and O–H groups in total. The highest BCUT2D eigenvalue weighted by molar-refractivity contribution is 5.96. The van der Waals surface area contributed by atoms with Gasteiger partial charge in [0.25, 0.3) is 5.91 Å². The molecule has 1 saturated carbocycles. The number of piperazine rings is 1.